The van der Waals surface area contributed by atoms with Crippen molar-refractivity contribution >= 4 is 17.3 Å². The second-order valence-electron chi connectivity index (χ2n) is 5.34. The highest BCUT2D eigenvalue weighted by molar-refractivity contribution is 6.31. The van der Waals surface area contributed by atoms with Crippen LogP contribution in [0.2, 0.25) is 5.02 Å². The Morgan fingerprint density at radius 2 is 1.91 bits per heavy atom. The van der Waals surface area contributed by atoms with Crippen LogP contribution >= 0.6 is 11.6 Å². The molecule has 118 valence electrons. The van der Waals surface area contributed by atoms with Gasteiger partial charge in [0.25, 0.3) is 0 Å². The lowest BCUT2D eigenvalue weighted by atomic mass is 10.1. The van der Waals surface area contributed by atoms with E-state index in [0.29, 0.717) is 6.54 Å². The Labute approximate surface area is 136 Å². The molecule has 0 saturated heterocycles. The summed E-state index contributed by atoms with van der Waals surface area (Å²) in [6, 6.07) is 14.7. The minimum atomic E-state index is -0.430. The van der Waals surface area contributed by atoms with Crippen LogP contribution in [0, 0.1) is 5.82 Å². The number of halogens is 2. The van der Waals surface area contributed by atoms with Crippen LogP contribution in [-0.4, -0.2) is 17.8 Å². The molecule has 1 unspecified atom stereocenters. The van der Waals surface area contributed by atoms with Crippen LogP contribution in [0.5, 0.6) is 0 Å². The topological polar surface area (TPSA) is 23.5 Å². The van der Waals surface area contributed by atoms with Gasteiger partial charge in [-0.25, -0.2) is 4.39 Å². The maximum atomic E-state index is 13.4. The van der Waals surface area contributed by atoms with Crippen molar-refractivity contribution in [2.24, 2.45) is 0 Å². The molecule has 0 amide bonds. The summed E-state index contributed by atoms with van der Waals surface area (Å²) in [7, 11) is 0. The molecule has 2 rings (SSSR count). The van der Waals surface area contributed by atoms with E-state index in [-0.39, 0.29) is 17.7 Å². The lowest BCUT2D eigenvalue weighted by Crippen LogP contribution is -2.37. The molecule has 0 spiro atoms. The van der Waals surface area contributed by atoms with E-state index in [1.165, 1.54) is 6.07 Å². The molecule has 0 aliphatic rings. The van der Waals surface area contributed by atoms with Gasteiger partial charge in [-0.05, 0) is 30.2 Å². The van der Waals surface area contributed by atoms with Crippen LogP contribution in [-0.2, 0) is 6.54 Å². The van der Waals surface area contributed by atoms with E-state index in [4.69, 9.17) is 11.6 Å². The number of anilines is 1. The van der Waals surface area contributed by atoms with Gasteiger partial charge in [0.05, 0.1) is 17.7 Å². The fraction of sp³-hybridized carbons (Fsp3) is 0.333. The third-order valence-corrected chi connectivity index (χ3v) is 3.99. The Morgan fingerprint density at radius 1 is 1.18 bits per heavy atom. The van der Waals surface area contributed by atoms with Gasteiger partial charge in [-0.2, -0.15) is 0 Å². The minimum absolute atomic E-state index is 0.0215. The Hall–Kier alpha value is -1.58. The molecule has 22 heavy (non-hydrogen) atoms. The van der Waals surface area contributed by atoms with Crippen molar-refractivity contribution in [1.82, 2.24) is 0 Å². The standard InChI is InChI=1S/C18H21ClFNO/c1-2-6-16(13-22)21(12-14-7-4-3-5-8-14)15-9-10-18(20)17(19)11-15/h3-5,7-11,16,22H,2,6,12-13H2,1H3. The van der Waals surface area contributed by atoms with Crippen molar-refractivity contribution in [2.75, 3.05) is 11.5 Å². The van der Waals surface area contributed by atoms with E-state index < -0.39 is 5.82 Å². The highest BCUT2D eigenvalue weighted by Gasteiger charge is 2.19. The average Bonchev–Trinajstić information content (AvgIpc) is 2.54. The number of nitrogens with zero attached hydrogens (tertiary/aromatic N) is 1. The fourth-order valence-electron chi connectivity index (χ4n) is 2.55. The maximum absolute atomic E-state index is 13.4. The van der Waals surface area contributed by atoms with E-state index >= 15 is 0 Å². The van der Waals surface area contributed by atoms with E-state index in [1.807, 2.05) is 30.3 Å². The molecule has 4 heteroatoms. The molecule has 0 fully saturated rings. The molecule has 0 saturated carbocycles. The summed E-state index contributed by atoms with van der Waals surface area (Å²) in [5.74, 6) is -0.430. The van der Waals surface area contributed by atoms with E-state index in [9.17, 15) is 9.50 Å². The fourth-order valence-corrected chi connectivity index (χ4v) is 2.73. The summed E-state index contributed by atoms with van der Waals surface area (Å²) in [5, 5.41) is 9.84. The van der Waals surface area contributed by atoms with Gasteiger partial charge < -0.3 is 10.0 Å². The summed E-state index contributed by atoms with van der Waals surface area (Å²) in [4.78, 5) is 2.09. The minimum Gasteiger partial charge on any atom is -0.394 e. The lowest BCUT2D eigenvalue weighted by Gasteiger charge is -2.33. The van der Waals surface area contributed by atoms with Crippen LogP contribution in [0.25, 0.3) is 0 Å². The molecule has 2 aromatic carbocycles. The van der Waals surface area contributed by atoms with Crippen LogP contribution in [0.3, 0.4) is 0 Å². The van der Waals surface area contributed by atoms with Gasteiger partial charge in [-0.1, -0.05) is 55.3 Å². The molecule has 1 atom stereocenters. The van der Waals surface area contributed by atoms with Gasteiger partial charge in [-0.15, -0.1) is 0 Å². The van der Waals surface area contributed by atoms with Gasteiger partial charge >= 0.3 is 0 Å². The van der Waals surface area contributed by atoms with E-state index in [0.717, 1.165) is 24.1 Å². The van der Waals surface area contributed by atoms with Gasteiger partial charge in [0.1, 0.15) is 5.82 Å². The molecule has 0 aliphatic carbocycles. The predicted molar refractivity (Wildman–Crippen MR) is 89.8 cm³/mol. The molecule has 0 heterocycles. The van der Waals surface area contributed by atoms with Crippen molar-refractivity contribution in [3.05, 3.63) is 64.9 Å². The number of aliphatic hydroxyl groups is 1. The second-order valence-corrected chi connectivity index (χ2v) is 5.74. The molecular formula is C18H21ClFNO. The number of aliphatic hydroxyl groups excluding tert-OH is 1. The highest BCUT2D eigenvalue weighted by Crippen LogP contribution is 2.27. The maximum Gasteiger partial charge on any atom is 0.141 e. The molecule has 0 aromatic heterocycles. The van der Waals surface area contributed by atoms with Crippen LogP contribution in [0.1, 0.15) is 25.3 Å². The summed E-state index contributed by atoms with van der Waals surface area (Å²) in [5.41, 5.74) is 1.96. The summed E-state index contributed by atoms with van der Waals surface area (Å²) >= 11 is 5.92. The van der Waals surface area contributed by atoms with Crippen molar-refractivity contribution in [3.63, 3.8) is 0 Å². The number of hydrogen-bond donors (Lipinski definition) is 1. The Morgan fingerprint density at radius 3 is 2.50 bits per heavy atom. The first-order chi connectivity index (χ1) is 10.7. The average molecular weight is 322 g/mol. The first kappa shape index (κ1) is 16.8. The van der Waals surface area contributed by atoms with Crippen molar-refractivity contribution in [2.45, 2.75) is 32.4 Å². The van der Waals surface area contributed by atoms with Crippen molar-refractivity contribution in [3.8, 4) is 0 Å². The predicted octanol–water partition coefficient (Wildman–Crippen LogP) is 4.65. The van der Waals surface area contributed by atoms with Crippen molar-refractivity contribution in [1.29, 1.82) is 0 Å². The Balaban J connectivity index is 2.33. The van der Waals surface area contributed by atoms with Crippen LogP contribution < -0.4 is 4.90 Å². The molecule has 0 radical (unpaired) electrons. The second kappa shape index (κ2) is 8.16. The molecule has 2 nitrogen and oxygen atoms in total. The largest absolute Gasteiger partial charge is 0.394 e. The third kappa shape index (κ3) is 4.21. The summed E-state index contributed by atoms with van der Waals surface area (Å²) < 4.78 is 13.4. The van der Waals surface area contributed by atoms with Crippen LogP contribution in [0.15, 0.2) is 48.5 Å². The lowest BCUT2D eigenvalue weighted by molar-refractivity contribution is 0.251. The van der Waals surface area contributed by atoms with Gasteiger partial charge in [0.15, 0.2) is 0 Å². The van der Waals surface area contributed by atoms with E-state index in [2.05, 4.69) is 11.8 Å². The van der Waals surface area contributed by atoms with E-state index in [1.54, 1.807) is 12.1 Å². The van der Waals surface area contributed by atoms with Crippen LogP contribution in [0.4, 0.5) is 10.1 Å². The first-order valence-corrected chi connectivity index (χ1v) is 7.90. The molecular weight excluding hydrogens is 301 g/mol. The van der Waals surface area contributed by atoms with Gasteiger partial charge in [0, 0.05) is 12.2 Å². The zero-order valence-corrected chi connectivity index (χ0v) is 13.4. The summed E-state index contributed by atoms with van der Waals surface area (Å²) in [6.45, 7) is 2.78. The quantitative estimate of drug-likeness (QED) is 0.802. The Kier molecular flexibility index (Phi) is 6.22. The Bertz CT molecular complexity index is 591. The van der Waals surface area contributed by atoms with Gasteiger partial charge in [-0.3, -0.25) is 0 Å². The molecule has 1 N–H and O–H groups in total. The summed E-state index contributed by atoms with van der Waals surface area (Å²) in [6.07, 6.45) is 1.82. The monoisotopic (exact) mass is 321 g/mol. The van der Waals surface area contributed by atoms with Gasteiger partial charge in [0.2, 0.25) is 0 Å². The molecule has 0 bridgehead atoms. The highest BCUT2D eigenvalue weighted by atomic mass is 35.5. The SMILES string of the molecule is CCCC(CO)N(Cc1ccccc1)c1ccc(F)c(Cl)c1. The van der Waals surface area contributed by atoms with Crippen molar-refractivity contribution < 1.29 is 9.50 Å². The molecule has 2 aromatic rings. The smallest absolute Gasteiger partial charge is 0.141 e. The molecule has 0 aliphatic heterocycles. The third-order valence-electron chi connectivity index (χ3n) is 3.70. The zero-order valence-electron chi connectivity index (χ0n) is 12.7. The number of hydrogen-bond acceptors (Lipinski definition) is 2. The first-order valence-electron chi connectivity index (χ1n) is 7.52. The zero-order chi connectivity index (χ0) is 15.9. The number of rotatable bonds is 7. The normalized spacial score (nSPS) is 12.2. The number of benzene rings is 2.